The molecule has 0 bridgehead atoms. The molecular formula is C21H20N4O. The summed E-state index contributed by atoms with van der Waals surface area (Å²) >= 11 is 0. The van der Waals surface area contributed by atoms with E-state index in [1.165, 1.54) is 5.57 Å². The van der Waals surface area contributed by atoms with Gasteiger partial charge in [0.15, 0.2) is 5.76 Å². The number of benzene rings is 1. The molecule has 1 aromatic carbocycles. The van der Waals surface area contributed by atoms with Crippen molar-refractivity contribution in [2.24, 2.45) is 4.99 Å². The Morgan fingerprint density at radius 2 is 1.96 bits per heavy atom. The molecule has 26 heavy (non-hydrogen) atoms. The van der Waals surface area contributed by atoms with Crippen LogP contribution in [0.15, 0.2) is 69.7 Å². The first-order chi connectivity index (χ1) is 12.7. The van der Waals surface area contributed by atoms with Gasteiger partial charge in [-0.2, -0.15) is 0 Å². The van der Waals surface area contributed by atoms with E-state index in [2.05, 4.69) is 27.2 Å². The van der Waals surface area contributed by atoms with Gasteiger partial charge in [-0.25, -0.2) is 9.97 Å². The van der Waals surface area contributed by atoms with E-state index in [0.29, 0.717) is 11.7 Å². The fourth-order valence-corrected chi connectivity index (χ4v) is 2.94. The maximum Gasteiger partial charge on any atom is 0.227 e. The molecule has 5 heteroatoms. The number of rotatable bonds is 4. The van der Waals surface area contributed by atoms with Crippen molar-refractivity contribution in [3.63, 3.8) is 0 Å². The average Bonchev–Trinajstić information content (AvgIpc) is 3.12. The number of hydrogen-bond acceptors (Lipinski definition) is 5. The van der Waals surface area contributed by atoms with E-state index >= 15 is 0 Å². The highest BCUT2D eigenvalue weighted by Crippen LogP contribution is 2.27. The smallest absolute Gasteiger partial charge is 0.227 e. The topological polar surface area (TPSA) is 63.3 Å². The second-order valence-electron chi connectivity index (χ2n) is 6.43. The molecule has 0 spiro atoms. The molecule has 1 atom stereocenters. The monoisotopic (exact) mass is 344 g/mol. The molecule has 1 unspecified atom stereocenters. The number of nitrogens with one attached hydrogen (secondary N) is 1. The van der Waals surface area contributed by atoms with Gasteiger partial charge in [-0.1, -0.05) is 29.8 Å². The van der Waals surface area contributed by atoms with E-state index in [4.69, 9.17) is 4.42 Å². The fraction of sp³-hybridized carbons (Fsp3) is 0.190. The molecule has 2 aromatic heterocycles. The van der Waals surface area contributed by atoms with E-state index in [1.807, 2.05) is 61.7 Å². The van der Waals surface area contributed by atoms with Crippen molar-refractivity contribution in [3.05, 3.63) is 65.9 Å². The number of hydrogen-bond donors (Lipinski definition) is 1. The van der Waals surface area contributed by atoms with Crippen molar-refractivity contribution >= 4 is 12.0 Å². The van der Waals surface area contributed by atoms with Crippen molar-refractivity contribution in [3.8, 4) is 22.9 Å². The van der Waals surface area contributed by atoms with Gasteiger partial charge in [0.2, 0.25) is 5.89 Å². The fourth-order valence-electron chi connectivity index (χ4n) is 2.94. The number of nitrogens with zero attached hydrogens (tertiary/aromatic N) is 3. The number of dihydropyridines is 1. The summed E-state index contributed by atoms with van der Waals surface area (Å²) < 4.78 is 5.96. The van der Waals surface area contributed by atoms with Gasteiger partial charge in [-0.15, -0.1) is 0 Å². The molecular weight excluding hydrogens is 324 g/mol. The second kappa shape index (κ2) is 6.96. The van der Waals surface area contributed by atoms with Gasteiger partial charge >= 0.3 is 0 Å². The Bertz CT molecular complexity index is 987. The lowest BCUT2D eigenvalue weighted by molar-refractivity contribution is 0.586. The zero-order valence-corrected chi connectivity index (χ0v) is 14.8. The van der Waals surface area contributed by atoms with Gasteiger partial charge in [-0.3, -0.25) is 4.99 Å². The predicted octanol–water partition coefficient (Wildman–Crippen LogP) is 4.87. The molecule has 5 nitrogen and oxygen atoms in total. The van der Waals surface area contributed by atoms with Crippen LogP contribution in [0, 0.1) is 6.92 Å². The molecule has 130 valence electrons. The van der Waals surface area contributed by atoms with Crippen LogP contribution in [0.2, 0.25) is 0 Å². The summed E-state index contributed by atoms with van der Waals surface area (Å²) in [7, 11) is 0. The van der Waals surface area contributed by atoms with Crippen molar-refractivity contribution in [1.29, 1.82) is 0 Å². The third-order valence-corrected chi connectivity index (χ3v) is 4.34. The minimum absolute atomic E-state index is 0.0139. The second-order valence-corrected chi connectivity index (χ2v) is 6.43. The van der Waals surface area contributed by atoms with Crippen molar-refractivity contribution in [2.75, 3.05) is 5.32 Å². The average molecular weight is 344 g/mol. The molecule has 1 aliphatic heterocycles. The highest BCUT2D eigenvalue weighted by atomic mass is 16.4. The summed E-state index contributed by atoms with van der Waals surface area (Å²) in [5, 5.41) is 3.36. The number of oxazole rings is 1. The van der Waals surface area contributed by atoms with Crippen LogP contribution in [0.5, 0.6) is 0 Å². The summed E-state index contributed by atoms with van der Waals surface area (Å²) in [6.07, 6.45) is 6.48. The highest BCUT2D eigenvalue weighted by molar-refractivity contribution is 5.73. The van der Waals surface area contributed by atoms with Crippen LogP contribution in [0.3, 0.4) is 0 Å². The van der Waals surface area contributed by atoms with E-state index in [0.717, 1.165) is 29.1 Å². The van der Waals surface area contributed by atoms with E-state index in [-0.39, 0.29) is 6.17 Å². The van der Waals surface area contributed by atoms with Crippen LogP contribution >= 0.6 is 0 Å². The van der Waals surface area contributed by atoms with E-state index < -0.39 is 0 Å². The Labute approximate surface area is 152 Å². The third kappa shape index (κ3) is 3.42. The molecule has 3 heterocycles. The lowest BCUT2D eigenvalue weighted by atomic mass is 10.1. The molecule has 0 aliphatic carbocycles. The zero-order chi connectivity index (χ0) is 17.9. The molecule has 1 aliphatic rings. The number of pyridine rings is 1. The van der Waals surface area contributed by atoms with Crippen LogP contribution in [-0.2, 0) is 0 Å². The number of allylic oxidation sites excluding steroid dienone is 1. The Morgan fingerprint density at radius 3 is 2.81 bits per heavy atom. The van der Waals surface area contributed by atoms with Gasteiger partial charge in [0.25, 0.3) is 0 Å². The summed E-state index contributed by atoms with van der Waals surface area (Å²) in [6.45, 7) is 4.15. The molecule has 0 radical (unpaired) electrons. The largest absolute Gasteiger partial charge is 0.434 e. The first kappa shape index (κ1) is 16.3. The summed E-state index contributed by atoms with van der Waals surface area (Å²) in [4.78, 5) is 13.5. The van der Waals surface area contributed by atoms with Gasteiger partial charge in [0, 0.05) is 18.2 Å². The maximum atomic E-state index is 5.96. The first-order valence-corrected chi connectivity index (χ1v) is 8.64. The van der Waals surface area contributed by atoms with Crippen LogP contribution in [0.4, 0.5) is 5.82 Å². The normalized spacial score (nSPS) is 16.4. The molecule has 1 N–H and O–H groups in total. The predicted molar refractivity (Wildman–Crippen MR) is 104 cm³/mol. The van der Waals surface area contributed by atoms with Crippen molar-refractivity contribution in [1.82, 2.24) is 9.97 Å². The standard InChI is InChI=1S/C21H20N4O/c1-14-10-11-22-20(12-14)25-19-9-5-8-17(24-19)18-13-23-21(26-18)16-7-4-3-6-15(16)2/h3-11,13,20H,12H2,1-2H3,(H,24,25). The summed E-state index contributed by atoms with van der Waals surface area (Å²) in [5.41, 5.74) is 4.16. The number of aryl methyl sites for hydroxylation is 1. The lowest BCUT2D eigenvalue weighted by Crippen LogP contribution is -2.20. The van der Waals surface area contributed by atoms with Gasteiger partial charge in [-0.05, 0) is 43.7 Å². The van der Waals surface area contributed by atoms with E-state index in [9.17, 15) is 0 Å². The quantitative estimate of drug-likeness (QED) is 0.733. The van der Waals surface area contributed by atoms with Crippen LogP contribution in [0.25, 0.3) is 22.9 Å². The van der Waals surface area contributed by atoms with Crippen LogP contribution in [-0.4, -0.2) is 22.3 Å². The Morgan fingerprint density at radius 1 is 1.08 bits per heavy atom. The van der Waals surface area contributed by atoms with Gasteiger partial charge < -0.3 is 9.73 Å². The Hall–Kier alpha value is -3.21. The van der Waals surface area contributed by atoms with Gasteiger partial charge in [0.1, 0.15) is 17.7 Å². The molecule has 3 aromatic rings. The molecule has 4 rings (SSSR count). The van der Waals surface area contributed by atoms with Crippen LogP contribution < -0.4 is 5.32 Å². The number of anilines is 1. The SMILES string of the molecule is CC1=CC=NC(Nc2cccc(-c3cnc(-c4ccccc4C)o3)n2)C1. The first-order valence-electron chi connectivity index (χ1n) is 8.64. The number of aliphatic imine (C=N–C) groups is 1. The lowest BCUT2D eigenvalue weighted by Gasteiger charge is -2.18. The maximum absolute atomic E-state index is 5.96. The third-order valence-electron chi connectivity index (χ3n) is 4.34. The Kier molecular flexibility index (Phi) is 4.35. The number of aromatic nitrogens is 2. The Balaban J connectivity index is 1.57. The summed E-state index contributed by atoms with van der Waals surface area (Å²) in [6, 6.07) is 13.8. The van der Waals surface area contributed by atoms with Gasteiger partial charge in [0.05, 0.1) is 6.20 Å². The zero-order valence-electron chi connectivity index (χ0n) is 14.8. The minimum atomic E-state index is 0.0139. The molecule has 0 fully saturated rings. The van der Waals surface area contributed by atoms with Crippen molar-refractivity contribution < 1.29 is 4.42 Å². The van der Waals surface area contributed by atoms with Crippen molar-refractivity contribution in [2.45, 2.75) is 26.4 Å². The van der Waals surface area contributed by atoms with E-state index in [1.54, 1.807) is 6.20 Å². The molecule has 0 saturated heterocycles. The molecule has 0 amide bonds. The minimum Gasteiger partial charge on any atom is -0.434 e. The van der Waals surface area contributed by atoms with Crippen LogP contribution in [0.1, 0.15) is 18.9 Å². The highest BCUT2D eigenvalue weighted by Gasteiger charge is 2.13. The summed E-state index contributed by atoms with van der Waals surface area (Å²) in [5.74, 6) is 2.03. The molecule has 0 saturated carbocycles.